The van der Waals surface area contributed by atoms with Gasteiger partial charge in [-0.2, -0.15) is 0 Å². The van der Waals surface area contributed by atoms with Gasteiger partial charge in [0, 0.05) is 30.8 Å². The molecule has 138 valence electrons. The van der Waals surface area contributed by atoms with Gasteiger partial charge in [-0.3, -0.25) is 9.59 Å². The molecule has 2 amide bonds. The van der Waals surface area contributed by atoms with Crippen LogP contribution in [0.2, 0.25) is 0 Å². The van der Waals surface area contributed by atoms with E-state index >= 15 is 0 Å². The number of carbonyl (C=O) groups excluding carboxylic acids is 2. The lowest BCUT2D eigenvalue weighted by Crippen LogP contribution is -2.18. The summed E-state index contributed by atoms with van der Waals surface area (Å²) in [6, 6.07) is 5.69. The molecule has 1 aromatic rings. The lowest BCUT2D eigenvalue weighted by molar-refractivity contribution is -0.117. The Morgan fingerprint density at radius 2 is 1.80 bits per heavy atom. The van der Waals surface area contributed by atoms with Crippen LogP contribution in [0.25, 0.3) is 0 Å². The average Bonchev–Trinajstić information content (AvgIpc) is 2.61. The summed E-state index contributed by atoms with van der Waals surface area (Å²) in [6.07, 6.45) is 9.10. The first-order valence-electron chi connectivity index (χ1n) is 9.55. The van der Waals surface area contributed by atoms with E-state index in [0.29, 0.717) is 25.3 Å². The molecule has 0 bridgehead atoms. The molecule has 1 aliphatic rings. The zero-order valence-electron chi connectivity index (χ0n) is 15.3. The summed E-state index contributed by atoms with van der Waals surface area (Å²) in [6.45, 7) is 2.36. The number of aryl methyl sites for hydroxylation is 1. The van der Waals surface area contributed by atoms with Crippen molar-refractivity contribution in [2.45, 2.75) is 64.7 Å². The Hall–Kier alpha value is -1.88. The number of hydrogen-bond donors (Lipinski definition) is 3. The zero-order chi connectivity index (χ0) is 18.1. The largest absolute Gasteiger partial charge is 0.330 e. The third-order valence-electron chi connectivity index (χ3n) is 4.92. The molecule has 5 heteroatoms. The molecule has 0 radical (unpaired) electrons. The van der Waals surface area contributed by atoms with E-state index in [4.69, 9.17) is 5.73 Å². The third kappa shape index (κ3) is 6.50. The molecule has 1 aliphatic carbocycles. The predicted octanol–water partition coefficient (Wildman–Crippen LogP) is 3.84. The van der Waals surface area contributed by atoms with Crippen molar-refractivity contribution in [1.29, 1.82) is 0 Å². The van der Waals surface area contributed by atoms with Gasteiger partial charge in [-0.1, -0.05) is 45.1 Å². The molecule has 0 aromatic heterocycles. The fraction of sp³-hybridized carbons (Fsp3) is 0.600. The van der Waals surface area contributed by atoms with Crippen LogP contribution in [-0.4, -0.2) is 18.4 Å². The smallest absolute Gasteiger partial charge is 0.225 e. The van der Waals surface area contributed by atoms with Gasteiger partial charge in [0.1, 0.15) is 0 Å². The van der Waals surface area contributed by atoms with Crippen molar-refractivity contribution in [3.63, 3.8) is 0 Å². The van der Waals surface area contributed by atoms with E-state index in [1.165, 1.54) is 32.1 Å². The Kier molecular flexibility index (Phi) is 7.92. The van der Waals surface area contributed by atoms with Crippen LogP contribution in [0.15, 0.2) is 18.2 Å². The van der Waals surface area contributed by atoms with Crippen LogP contribution in [0.4, 0.5) is 11.4 Å². The van der Waals surface area contributed by atoms with Crippen LogP contribution in [0.3, 0.4) is 0 Å². The molecule has 5 nitrogen and oxygen atoms in total. The topological polar surface area (TPSA) is 84.2 Å². The minimum atomic E-state index is -0.0991. The van der Waals surface area contributed by atoms with Crippen LogP contribution >= 0.6 is 0 Å². The van der Waals surface area contributed by atoms with E-state index < -0.39 is 0 Å². The molecule has 0 heterocycles. The molecule has 25 heavy (non-hydrogen) atoms. The number of rotatable bonds is 8. The summed E-state index contributed by atoms with van der Waals surface area (Å²) in [5, 5.41) is 5.85. The highest BCUT2D eigenvalue weighted by molar-refractivity contribution is 5.94. The molecule has 0 unspecified atom stereocenters. The number of amides is 2. The summed E-state index contributed by atoms with van der Waals surface area (Å²) in [5.74, 6) is 0.653. The second-order valence-corrected chi connectivity index (χ2v) is 6.90. The second-order valence-electron chi connectivity index (χ2n) is 6.90. The first-order valence-corrected chi connectivity index (χ1v) is 9.55. The van der Waals surface area contributed by atoms with Gasteiger partial charge in [-0.15, -0.1) is 0 Å². The molecule has 2 rings (SSSR count). The van der Waals surface area contributed by atoms with Crippen LogP contribution in [-0.2, 0) is 16.0 Å². The van der Waals surface area contributed by atoms with E-state index in [9.17, 15) is 9.59 Å². The normalized spacial score (nSPS) is 15.0. The Bertz CT molecular complexity index is 580. The van der Waals surface area contributed by atoms with Gasteiger partial charge in [0.25, 0.3) is 0 Å². The van der Waals surface area contributed by atoms with Crippen molar-refractivity contribution in [1.82, 2.24) is 0 Å². The maximum atomic E-state index is 12.2. The lowest BCUT2D eigenvalue weighted by atomic mass is 9.86. The van der Waals surface area contributed by atoms with E-state index in [1.807, 2.05) is 25.1 Å². The van der Waals surface area contributed by atoms with Crippen LogP contribution < -0.4 is 16.4 Å². The monoisotopic (exact) mass is 345 g/mol. The Labute approximate surface area is 150 Å². The van der Waals surface area contributed by atoms with Crippen molar-refractivity contribution >= 4 is 23.2 Å². The number of anilines is 2. The van der Waals surface area contributed by atoms with Gasteiger partial charge in [0.05, 0.1) is 0 Å². The number of benzene rings is 1. The summed E-state index contributed by atoms with van der Waals surface area (Å²) in [5.41, 5.74) is 7.96. The van der Waals surface area contributed by atoms with Gasteiger partial charge >= 0.3 is 0 Å². The highest BCUT2D eigenvalue weighted by Crippen LogP contribution is 2.27. The molecular formula is C20H31N3O2. The number of hydrogen-bond acceptors (Lipinski definition) is 3. The highest BCUT2D eigenvalue weighted by Gasteiger charge is 2.15. The first kappa shape index (κ1) is 19.4. The van der Waals surface area contributed by atoms with E-state index in [-0.39, 0.29) is 11.8 Å². The summed E-state index contributed by atoms with van der Waals surface area (Å²) < 4.78 is 0. The summed E-state index contributed by atoms with van der Waals surface area (Å²) >= 11 is 0. The van der Waals surface area contributed by atoms with E-state index in [1.54, 1.807) is 0 Å². The lowest BCUT2D eigenvalue weighted by Gasteiger charge is -2.21. The molecule has 0 spiro atoms. The summed E-state index contributed by atoms with van der Waals surface area (Å²) in [7, 11) is 0. The minimum absolute atomic E-state index is 0.0501. The SMILES string of the molecule is CCc1ccc(NC(=O)CCC2CCCCC2)cc1NC(=O)CCN. The average molecular weight is 345 g/mol. The van der Waals surface area contributed by atoms with Crippen molar-refractivity contribution < 1.29 is 9.59 Å². The minimum Gasteiger partial charge on any atom is -0.330 e. The predicted molar refractivity (Wildman–Crippen MR) is 103 cm³/mol. The van der Waals surface area contributed by atoms with Crippen molar-refractivity contribution in [3.05, 3.63) is 23.8 Å². The number of nitrogens with one attached hydrogen (secondary N) is 2. The maximum Gasteiger partial charge on any atom is 0.225 e. The van der Waals surface area contributed by atoms with Crippen molar-refractivity contribution in [2.75, 3.05) is 17.2 Å². The van der Waals surface area contributed by atoms with E-state index in [2.05, 4.69) is 10.6 Å². The highest BCUT2D eigenvalue weighted by atomic mass is 16.2. The molecule has 1 saturated carbocycles. The van der Waals surface area contributed by atoms with Gasteiger partial charge in [-0.25, -0.2) is 0 Å². The third-order valence-corrected chi connectivity index (χ3v) is 4.92. The molecule has 1 aromatic carbocycles. The Balaban J connectivity index is 1.91. The van der Waals surface area contributed by atoms with Crippen molar-refractivity contribution in [2.24, 2.45) is 11.7 Å². The molecule has 4 N–H and O–H groups in total. The fourth-order valence-corrected chi connectivity index (χ4v) is 3.46. The van der Waals surface area contributed by atoms with E-state index in [0.717, 1.165) is 29.8 Å². The summed E-state index contributed by atoms with van der Waals surface area (Å²) in [4.78, 5) is 24.0. The maximum absolute atomic E-state index is 12.2. The molecule has 0 atom stereocenters. The molecule has 0 aliphatic heterocycles. The zero-order valence-corrected chi connectivity index (χ0v) is 15.3. The standard InChI is InChI=1S/C20H31N3O2/c1-2-16-9-10-17(14-18(16)23-20(25)12-13-21)22-19(24)11-8-15-6-4-3-5-7-15/h9-10,14-15H,2-8,11-13,21H2,1H3,(H,22,24)(H,23,25). The van der Waals surface area contributed by atoms with Gasteiger partial charge in [-0.05, 0) is 36.5 Å². The van der Waals surface area contributed by atoms with Crippen LogP contribution in [0.5, 0.6) is 0 Å². The van der Waals surface area contributed by atoms with Gasteiger partial charge < -0.3 is 16.4 Å². The Morgan fingerprint density at radius 1 is 1.08 bits per heavy atom. The van der Waals surface area contributed by atoms with Crippen LogP contribution in [0, 0.1) is 5.92 Å². The quantitative estimate of drug-likeness (QED) is 0.669. The fourth-order valence-electron chi connectivity index (χ4n) is 3.46. The second kappa shape index (κ2) is 10.2. The van der Waals surface area contributed by atoms with Gasteiger partial charge in [0.15, 0.2) is 0 Å². The number of nitrogens with two attached hydrogens (primary N) is 1. The van der Waals surface area contributed by atoms with Crippen molar-refractivity contribution in [3.8, 4) is 0 Å². The molecule has 0 saturated heterocycles. The Morgan fingerprint density at radius 3 is 2.48 bits per heavy atom. The first-order chi connectivity index (χ1) is 12.1. The molecular weight excluding hydrogens is 314 g/mol. The number of carbonyl (C=O) groups is 2. The molecule has 1 fully saturated rings. The van der Waals surface area contributed by atoms with Crippen LogP contribution in [0.1, 0.15) is 63.9 Å². The van der Waals surface area contributed by atoms with Gasteiger partial charge in [0.2, 0.25) is 11.8 Å².